The smallest absolute Gasteiger partial charge is 0.319 e. The van der Waals surface area contributed by atoms with Crippen LogP contribution in [0.15, 0.2) is 35.1 Å². The molecule has 4 aromatic heterocycles. The summed E-state index contributed by atoms with van der Waals surface area (Å²) >= 11 is 0. The maximum atomic E-state index is 5.32. The highest BCUT2D eigenvalue weighted by Gasteiger charge is 2.10. The molecule has 0 atom stereocenters. The highest BCUT2D eigenvalue weighted by atomic mass is 16.5. The van der Waals surface area contributed by atoms with Crippen LogP contribution in [-0.2, 0) is 19.4 Å². The van der Waals surface area contributed by atoms with Gasteiger partial charge in [0.15, 0.2) is 11.6 Å². The second-order valence-electron chi connectivity index (χ2n) is 6.85. The Morgan fingerprint density at radius 2 is 1.97 bits per heavy atom. The molecule has 3 N–H and O–H groups in total. The van der Waals surface area contributed by atoms with Crippen molar-refractivity contribution in [2.45, 2.75) is 26.3 Å². The summed E-state index contributed by atoms with van der Waals surface area (Å²) in [5, 5.41) is 17.5. The number of hydrogen-bond acceptors (Lipinski definition) is 11. The van der Waals surface area contributed by atoms with Crippen molar-refractivity contribution in [2.24, 2.45) is 0 Å². The number of H-pyrrole nitrogens is 1. The van der Waals surface area contributed by atoms with Crippen LogP contribution >= 0.6 is 0 Å². The van der Waals surface area contributed by atoms with Gasteiger partial charge in [-0.1, -0.05) is 5.16 Å². The van der Waals surface area contributed by atoms with Crippen molar-refractivity contribution >= 4 is 17.6 Å². The summed E-state index contributed by atoms with van der Waals surface area (Å²) in [4.78, 5) is 17.0. The van der Waals surface area contributed by atoms with Gasteiger partial charge < -0.3 is 24.6 Å². The summed E-state index contributed by atoms with van der Waals surface area (Å²) in [7, 11) is 3.09. The van der Waals surface area contributed by atoms with Crippen LogP contribution in [0.3, 0.4) is 0 Å². The minimum Gasteiger partial charge on any atom is -0.481 e. The van der Waals surface area contributed by atoms with E-state index < -0.39 is 0 Å². The number of nitrogens with one attached hydrogen (secondary N) is 3. The van der Waals surface area contributed by atoms with Gasteiger partial charge in [-0.3, -0.25) is 5.10 Å². The minimum atomic E-state index is 0.272. The normalized spacial score (nSPS) is 10.7. The zero-order valence-corrected chi connectivity index (χ0v) is 17.9. The second kappa shape index (κ2) is 9.73. The van der Waals surface area contributed by atoms with E-state index in [1.54, 1.807) is 25.6 Å². The fourth-order valence-corrected chi connectivity index (χ4v) is 2.96. The Hall–Kier alpha value is -4.22. The highest BCUT2D eigenvalue weighted by Crippen LogP contribution is 2.20. The number of ether oxygens (including phenoxy) is 2. The lowest BCUT2D eigenvalue weighted by Crippen LogP contribution is -2.04. The zero-order chi connectivity index (χ0) is 22.3. The Balaban J connectivity index is 1.34. The van der Waals surface area contributed by atoms with Crippen LogP contribution in [0.25, 0.3) is 0 Å². The summed E-state index contributed by atoms with van der Waals surface area (Å²) in [6, 6.07) is 5.81. The number of hydrogen-bond donors (Lipinski definition) is 3. The van der Waals surface area contributed by atoms with Crippen molar-refractivity contribution in [3.05, 3.63) is 53.3 Å². The van der Waals surface area contributed by atoms with Gasteiger partial charge in [-0.15, -0.1) is 0 Å². The van der Waals surface area contributed by atoms with Crippen LogP contribution in [0.2, 0.25) is 0 Å². The number of rotatable bonds is 10. The van der Waals surface area contributed by atoms with E-state index in [1.165, 1.54) is 7.11 Å². The maximum Gasteiger partial charge on any atom is 0.319 e. The van der Waals surface area contributed by atoms with Crippen molar-refractivity contribution in [2.75, 3.05) is 24.9 Å². The summed E-state index contributed by atoms with van der Waals surface area (Å²) in [5.41, 5.74) is 2.65. The fraction of sp³-hybridized carbons (Fsp3) is 0.300. The van der Waals surface area contributed by atoms with Gasteiger partial charge in [0.1, 0.15) is 5.82 Å². The molecule has 166 valence electrons. The number of aromatic nitrogens is 7. The molecule has 32 heavy (non-hydrogen) atoms. The number of aryl methyl sites for hydroxylation is 3. The van der Waals surface area contributed by atoms with Crippen LogP contribution in [-0.4, -0.2) is 49.5 Å². The van der Waals surface area contributed by atoms with E-state index in [9.17, 15) is 0 Å². The Labute approximate surface area is 183 Å². The van der Waals surface area contributed by atoms with Crippen molar-refractivity contribution in [1.82, 2.24) is 35.3 Å². The molecule has 0 spiro atoms. The van der Waals surface area contributed by atoms with Gasteiger partial charge in [0.2, 0.25) is 11.8 Å². The fourth-order valence-electron chi connectivity index (χ4n) is 2.96. The predicted molar refractivity (Wildman–Crippen MR) is 115 cm³/mol. The van der Waals surface area contributed by atoms with Crippen molar-refractivity contribution in [3.63, 3.8) is 0 Å². The zero-order valence-electron chi connectivity index (χ0n) is 17.9. The van der Waals surface area contributed by atoms with E-state index in [0.29, 0.717) is 48.6 Å². The molecule has 0 aliphatic carbocycles. The maximum absolute atomic E-state index is 5.32. The summed E-state index contributed by atoms with van der Waals surface area (Å²) < 4.78 is 15.5. The van der Waals surface area contributed by atoms with Crippen molar-refractivity contribution in [1.29, 1.82) is 0 Å². The summed E-state index contributed by atoms with van der Waals surface area (Å²) in [6.45, 7) is 2.31. The number of aromatic amines is 1. The quantitative estimate of drug-likeness (QED) is 0.336. The monoisotopic (exact) mass is 437 g/mol. The minimum absolute atomic E-state index is 0.272. The third-order valence-corrected chi connectivity index (χ3v) is 4.48. The van der Waals surface area contributed by atoms with E-state index in [2.05, 4.69) is 45.9 Å². The first-order chi connectivity index (χ1) is 15.6. The largest absolute Gasteiger partial charge is 0.481 e. The van der Waals surface area contributed by atoms with Crippen LogP contribution < -0.4 is 20.1 Å². The Morgan fingerprint density at radius 3 is 2.75 bits per heavy atom. The molecule has 0 radical (unpaired) electrons. The number of nitrogens with zero attached hydrogens (tertiary/aromatic N) is 6. The average molecular weight is 437 g/mol. The standard InChI is InChI=1S/C20H23N9O3/c1-12-8-15(32-29-12)11-22-19-21-7-6-16(25-19)24-17-9-14(27-28-17)5-4-13-10-23-20(31-3)26-18(13)30-2/h6-10H,4-5,11H2,1-3H3,(H3,21,22,24,25,27,28). The molecular formula is C20H23N9O3. The van der Waals surface area contributed by atoms with Gasteiger partial charge in [0.25, 0.3) is 0 Å². The van der Waals surface area contributed by atoms with Crippen LogP contribution in [0.1, 0.15) is 22.7 Å². The lowest BCUT2D eigenvalue weighted by molar-refractivity contribution is 0.348. The van der Waals surface area contributed by atoms with Crippen molar-refractivity contribution in [3.8, 4) is 11.9 Å². The molecule has 0 aliphatic heterocycles. The lowest BCUT2D eigenvalue weighted by atomic mass is 10.1. The molecule has 0 aliphatic rings. The van der Waals surface area contributed by atoms with Gasteiger partial charge in [0, 0.05) is 35.8 Å². The first-order valence-corrected chi connectivity index (χ1v) is 9.87. The van der Waals surface area contributed by atoms with E-state index in [1.807, 2.05) is 19.1 Å². The van der Waals surface area contributed by atoms with Gasteiger partial charge in [-0.05, 0) is 25.8 Å². The van der Waals surface area contributed by atoms with E-state index in [0.717, 1.165) is 17.0 Å². The molecule has 12 nitrogen and oxygen atoms in total. The van der Waals surface area contributed by atoms with Crippen LogP contribution in [0, 0.1) is 6.92 Å². The first kappa shape index (κ1) is 21.0. The third kappa shape index (κ3) is 5.28. The van der Waals surface area contributed by atoms with Gasteiger partial charge in [-0.2, -0.15) is 15.1 Å². The SMILES string of the molecule is COc1ncc(CCc2cc(Nc3ccnc(NCc4cc(C)no4)n3)n[nH]2)c(OC)n1. The van der Waals surface area contributed by atoms with Crippen LogP contribution in [0.5, 0.6) is 11.9 Å². The molecule has 4 rings (SSSR count). The predicted octanol–water partition coefficient (Wildman–Crippen LogP) is 2.44. The van der Waals surface area contributed by atoms with Gasteiger partial charge in [0.05, 0.1) is 26.5 Å². The van der Waals surface area contributed by atoms with E-state index >= 15 is 0 Å². The number of methoxy groups -OCH3 is 2. The lowest BCUT2D eigenvalue weighted by Gasteiger charge is -2.07. The molecule has 0 amide bonds. The molecule has 0 unspecified atom stereocenters. The Bertz CT molecular complexity index is 1170. The third-order valence-electron chi connectivity index (χ3n) is 4.48. The Morgan fingerprint density at radius 1 is 1.06 bits per heavy atom. The molecule has 0 saturated carbocycles. The summed E-state index contributed by atoms with van der Waals surface area (Å²) in [6.07, 6.45) is 4.74. The van der Waals surface area contributed by atoms with Gasteiger partial charge in [-0.25, -0.2) is 9.97 Å². The molecule has 0 fully saturated rings. The first-order valence-electron chi connectivity index (χ1n) is 9.87. The molecular weight excluding hydrogens is 414 g/mol. The molecule has 4 heterocycles. The average Bonchev–Trinajstić information content (AvgIpc) is 3.44. The molecule has 12 heteroatoms. The van der Waals surface area contributed by atoms with Gasteiger partial charge >= 0.3 is 6.01 Å². The van der Waals surface area contributed by atoms with E-state index in [-0.39, 0.29) is 6.01 Å². The van der Waals surface area contributed by atoms with Crippen LogP contribution in [0.4, 0.5) is 17.6 Å². The topological polar surface area (TPSA) is 149 Å². The second-order valence-corrected chi connectivity index (χ2v) is 6.85. The molecule has 0 saturated heterocycles. The number of anilines is 3. The highest BCUT2D eigenvalue weighted by molar-refractivity contribution is 5.53. The van der Waals surface area contributed by atoms with E-state index in [4.69, 9.17) is 14.0 Å². The van der Waals surface area contributed by atoms with Crippen molar-refractivity contribution < 1.29 is 14.0 Å². The molecule has 4 aromatic rings. The molecule has 0 bridgehead atoms. The Kier molecular flexibility index (Phi) is 6.39. The molecule has 0 aromatic carbocycles. The summed E-state index contributed by atoms with van der Waals surface area (Å²) in [5.74, 6) is 2.93.